The van der Waals surface area contributed by atoms with Crippen molar-refractivity contribution >= 4 is 34.9 Å². The molecule has 10 nitrogen and oxygen atoms in total. The second-order valence-electron chi connectivity index (χ2n) is 10.6. The number of aryl methyl sites for hydroxylation is 2. The number of benzene rings is 1. The Kier molecular flexibility index (Phi) is 10.3. The molecule has 1 fully saturated rings. The molecule has 3 amide bonds. The van der Waals surface area contributed by atoms with Crippen molar-refractivity contribution < 1.29 is 32.3 Å². The summed E-state index contributed by atoms with van der Waals surface area (Å²) in [6.45, 7) is 8.78. The van der Waals surface area contributed by atoms with E-state index in [4.69, 9.17) is 4.74 Å². The van der Waals surface area contributed by atoms with Gasteiger partial charge in [-0.3, -0.25) is 19.3 Å². The number of pyridine rings is 1. The third-order valence-electron chi connectivity index (χ3n) is 7.41. The molecule has 2 N–H and O–H groups in total. The van der Waals surface area contributed by atoms with Gasteiger partial charge in [-0.1, -0.05) is 13.0 Å². The zero-order valence-electron chi connectivity index (χ0n) is 25.1. The van der Waals surface area contributed by atoms with E-state index in [9.17, 15) is 27.6 Å². The fourth-order valence-corrected chi connectivity index (χ4v) is 5.77. The molecular weight excluding hydrogens is 597 g/mol. The summed E-state index contributed by atoms with van der Waals surface area (Å²) in [6.07, 6.45) is -3.68. The van der Waals surface area contributed by atoms with Crippen LogP contribution in [0, 0.1) is 13.8 Å². The highest BCUT2D eigenvalue weighted by atomic mass is 32.1. The molecule has 4 rings (SSSR count). The van der Waals surface area contributed by atoms with Crippen LogP contribution in [-0.4, -0.2) is 76.8 Å². The molecule has 0 aliphatic carbocycles. The lowest BCUT2D eigenvalue weighted by Crippen LogP contribution is -2.54. The van der Waals surface area contributed by atoms with Gasteiger partial charge in [-0.25, -0.2) is 9.97 Å². The van der Waals surface area contributed by atoms with Crippen LogP contribution in [0.5, 0.6) is 5.75 Å². The summed E-state index contributed by atoms with van der Waals surface area (Å²) in [7, 11) is 1.43. The summed E-state index contributed by atoms with van der Waals surface area (Å²) in [5, 5.41) is 5.59. The van der Waals surface area contributed by atoms with Crippen LogP contribution in [-0.2, 0) is 11.0 Å². The molecule has 2 atom stereocenters. The molecule has 1 aliphatic heterocycles. The number of amides is 3. The average Bonchev–Trinajstić information content (AvgIpc) is 3.49. The molecule has 3 heterocycles. The SMILES string of the molecule is CCC(=O)N1CCN(C[C@@H](Oc2cc(C)c(C(=O)Nc3ncccc3C)cc2C(=O)NC)c2csc(C(F)(F)F)n2)C[C@H]1C. The number of nitrogens with one attached hydrogen (secondary N) is 2. The Morgan fingerprint density at radius 2 is 1.89 bits per heavy atom. The highest BCUT2D eigenvalue weighted by Crippen LogP contribution is 2.35. The molecule has 44 heavy (non-hydrogen) atoms. The van der Waals surface area contributed by atoms with Crippen LogP contribution in [0.2, 0.25) is 0 Å². The lowest BCUT2D eigenvalue weighted by Gasteiger charge is -2.40. The van der Waals surface area contributed by atoms with Crippen LogP contribution in [0.3, 0.4) is 0 Å². The van der Waals surface area contributed by atoms with Crippen LogP contribution >= 0.6 is 11.3 Å². The van der Waals surface area contributed by atoms with Crippen molar-refractivity contribution in [1.82, 2.24) is 25.1 Å². The van der Waals surface area contributed by atoms with Crippen molar-refractivity contribution in [3.8, 4) is 5.75 Å². The number of ether oxygens (including phenoxy) is 1. The molecule has 236 valence electrons. The summed E-state index contributed by atoms with van der Waals surface area (Å²) >= 11 is 0.466. The number of rotatable bonds is 9. The number of halogens is 3. The molecule has 1 aliphatic rings. The fraction of sp³-hybridized carbons (Fsp3) is 0.433. The molecule has 1 aromatic carbocycles. The fourth-order valence-electron chi connectivity index (χ4n) is 5.04. The van der Waals surface area contributed by atoms with Crippen LogP contribution in [0.4, 0.5) is 19.0 Å². The molecule has 1 saturated heterocycles. The van der Waals surface area contributed by atoms with Gasteiger partial charge >= 0.3 is 6.18 Å². The number of anilines is 1. The minimum Gasteiger partial charge on any atom is -0.482 e. The second-order valence-corrected chi connectivity index (χ2v) is 11.5. The smallest absolute Gasteiger partial charge is 0.443 e. The molecule has 0 unspecified atom stereocenters. The monoisotopic (exact) mass is 632 g/mol. The molecule has 0 spiro atoms. The van der Waals surface area contributed by atoms with E-state index in [1.807, 2.05) is 11.8 Å². The van der Waals surface area contributed by atoms with E-state index in [1.165, 1.54) is 24.6 Å². The van der Waals surface area contributed by atoms with Crippen molar-refractivity contribution in [3.63, 3.8) is 0 Å². The van der Waals surface area contributed by atoms with Gasteiger partial charge in [0.25, 0.3) is 11.8 Å². The highest BCUT2D eigenvalue weighted by Gasteiger charge is 2.37. The number of aromatic nitrogens is 2. The normalized spacial score (nSPS) is 16.4. The van der Waals surface area contributed by atoms with Crippen LogP contribution in [0.15, 0.2) is 35.8 Å². The number of hydrogen-bond acceptors (Lipinski definition) is 8. The maximum atomic E-state index is 13.5. The maximum absolute atomic E-state index is 13.5. The minimum absolute atomic E-state index is 0.0315. The first kappa shape index (κ1) is 32.9. The first-order valence-electron chi connectivity index (χ1n) is 14.1. The van der Waals surface area contributed by atoms with Crippen molar-refractivity contribution in [1.29, 1.82) is 0 Å². The molecule has 0 radical (unpaired) electrons. The third-order valence-corrected chi connectivity index (χ3v) is 8.31. The predicted octanol–water partition coefficient (Wildman–Crippen LogP) is 4.85. The largest absolute Gasteiger partial charge is 0.482 e. The Morgan fingerprint density at radius 3 is 2.50 bits per heavy atom. The van der Waals surface area contributed by atoms with Gasteiger partial charge in [-0.15, -0.1) is 11.3 Å². The zero-order chi connectivity index (χ0) is 32.2. The van der Waals surface area contributed by atoms with Crippen LogP contribution < -0.4 is 15.4 Å². The van der Waals surface area contributed by atoms with E-state index >= 15 is 0 Å². The van der Waals surface area contributed by atoms with Crippen molar-refractivity contribution in [3.05, 3.63) is 68.8 Å². The zero-order valence-corrected chi connectivity index (χ0v) is 25.9. The number of alkyl halides is 3. The number of piperazine rings is 1. The van der Waals surface area contributed by atoms with Gasteiger partial charge in [0.05, 0.1) is 11.3 Å². The highest BCUT2D eigenvalue weighted by molar-refractivity contribution is 7.09. The summed E-state index contributed by atoms with van der Waals surface area (Å²) in [6, 6.07) is 6.35. The van der Waals surface area contributed by atoms with Crippen molar-refractivity contribution in [2.75, 3.05) is 38.5 Å². The lowest BCUT2D eigenvalue weighted by atomic mass is 10.0. The first-order valence-corrected chi connectivity index (χ1v) is 15.0. The van der Waals surface area contributed by atoms with Crippen molar-refractivity contribution in [2.45, 2.75) is 52.4 Å². The van der Waals surface area contributed by atoms with Gasteiger partial charge in [0.15, 0.2) is 11.1 Å². The van der Waals surface area contributed by atoms with Crippen molar-refractivity contribution in [2.24, 2.45) is 0 Å². The van der Waals surface area contributed by atoms with E-state index in [2.05, 4.69) is 20.6 Å². The number of hydrogen-bond donors (Lipinski definition) is 2. The van der Waals surface area contributed by atoms with Gasteiger partial charge in [0, 0.05) is 62.8 Å². The van der Waals surface area contributed by atoms with Crippen LogP contribution in [0.25, 0.3) is 0 Å². The van der Waals surface area contributed by atoms with Crippen LogP contribution in [0.1, 0.15) is 68.9 Å². The third kappa shape index (κ3) is 7.53. The summed E-state index contributed by atoms with van der Waals surface area (Å²) in [5.41, 5.74) is 1.53. The molecular formula is C30H35F3N6O4S. The van der Waals surface area contributed by atoms with Gasteiger partial charge < -0.3 is 20.3 Å². The predicted molar refractivity (Wildman–Crippen MR) is 160 cm³/mol. The molecule has 14 heteroatoms. The molecule has 3 aromatic rings. The minimum atomic E-state index is -4.63. The van der Waals surface area contributed by atoms with E-state index in [0.717, 1.165) is 5.56 Å². The Labute approximate surface area is 257 Å². The number of nitrogens with zero attached hydrogens (tertiary/aromatic N) is 4. The summed E-state index contributed by atoms with van der Waals surface area (Å²) < 4.78 is 46.8. The lowest BCUT2D eigenvalue weighted by molar-refractivity contribution is -0.137. The Morgan fingerprint density at radius 1 is 1.14 bits per heavy atom. The Balaban J connectivity index is 1.67. The Hall–Kier alpha value is -4.04. The van der Waals surface area contributed by atoms with E-state index in [-0.39, 0.29) is 41.1 Å². The quantitative estimate of drug-likeness (QED) is 0.347. The number of carbonyl (C=O) groups is 3. The van der Waals surface area contributed by atoms with Gasteiger partial charge in [0.1, 0.15) is 11.6 Å². The van der Waals surface area contributed by atoms with E-state index in [0.29, 0.717) is 48.8 Å². The maximum Gasteiger partial charge on any atom is 0.443 e. The van der Waals surface area contributed by atoms with E-state index in [1.54, 1.807) is 44.0 Å². The number of thiazole rings is 1. The molecule has 0 saturated carbocycles. The van der Waals surface area contributed by atoms with Gasteiger partial charge in [-0.05, 0) is 50.1 Å². The Bertz CT molecular complexity index is 1530. The second kappa shape index (κ2) is 13.7. The number of carbonyl (C=O) groups excluding carboxylic acids is 3. The standard InChI is InChI=1S/C30H35F3N6O4S/c1-6-25(40)39-11-10-38(14-19(39)4)15-24(22-16-44-29(36-22)30(31,32)33)43-23-12-18(3)20(13-21(23)27(41)34-5)28(42)37-26-17(2)8-7-9-35-26/h7-9,12-13,16,19,24H,6,10-11,14-15H2,1-5H3,(H,34,41)(H,35,37,42)/t19-,24-/m1/s1. The molecule has 2 aromatic heterocycles. The average molecular weight is 633 g/mol. The summed E-state index contributed by atoms with van der Waals surface area (Å²) in [5.74, 6) is -0.534. The first-order chi connectivity index (χ1) is 20.8. The summed E-state index contributed by atoms with van der Waals surface area (Å²) in [4.78, 5) is 50.4. The van der Waals surface area contributed by atoms with E-state index < -0.39 is 29.1 Å². The van der Waals surface area contributed by atoms with Gasteiger partial charge in [0.2, 0.25) is 5.91 Å². The topological polar surface area (TPSA) is 117 Å². The van der Waals surface area contributed by atoms with Gasteiger partial charge in [-0.2, -0.15) is 13.2 Å². The molecule has 0 bridgehead atoms.